The normalized spacial score (nSPS) is 12.1. The van der Waals surface area contributed by atoms with E-state index < -0.39 is 0 Å². The number of pyridine rings is 1. The van der Waals surface area contributed by atoms with Crippen LogP contribution in [0.15, 0.2) is 35.4 Å². The van der Waals surface area contributed by atoms with Crippen molar-refractivity contribution in [1.29, 1.82) is 0 Å². The summed E-state index contributed by atoms with van der Waals surface area (Å²) in [5, 5.41) is 0. The van der Waals surface area contributed by atoms with Crippen LogP contribution >= 0.6 is 0 Å². The van der Waals surface area contributed by atoms with Gasteiger partial charge in [-0.2, -0.15) is 0 Å². The topological polar surface area (TPSA) is 90.7 Å². The average Bonchev–Trinajstić information content (AvgIpc) is 2.64. The van der Waals surface area contributed by atoms with Crippen LogP contribution in [0.25, 0.3) is 17.4 Å². The highest BCUT2D eigenvalue weighted by molar-refractivity contribution is 5.76. The molecule has 0 atom stereocenters. The lowest BCUT2D eigenvalue weighted by Gasteiger charge is -2.10. The number of hydrogen-bond donors (Lipinski definition) is 1. The molecule has 0 fully saturated rings. The molecule has 0 aromatic carbocycles. The van der Waals surface area contributed by atoms with Gasteiger partial charge < -0.3 is 10.6 Å². The summed E-state index contributed by atoms with van der Waals surface area (Å²) < 4.78 is 1.58. The molecule has 0 aliphatic rings. The predicted octanol–water partition coefficient (Wildman–Crippen LogP) is 1.47. The van der Waals surface area contributed by atoms with Crippen molar-refractivity contribution < 1.29 is 4.98 Å². The molecule has 146 valence electrons. The van der Waals surface area contributed by atoms with Gasteiger partial charge in [-0.05, 0) is 59.0 Å². The molecule has 0 aliphatic heterocycles. The molecule has 0 amide bonds. The van der Waals surface area contributed by atoms with Crippen molar-refractivity contribution in [2.45, 2.75) is 26.7 Å². The van der Waals surface area contributed by atoms with Crippen molar-refractivity contribution in [2.24, 2.45) is 5.73 Å². The number of nitrogens with one attached hydrogen (secondary N) is 1. The van der Waals surface area contributed by atoms with E-state index in [0.29, 0.717) is 17.0 Å². The Hall–Kier alpha value is -3.06. The van der Waals surface area contributed by atoms with Gasteiger partial charge in [-0.1, -0.05) is 6.07 Å². The van der Waals surface area contributed by atoms with E-state index in [1.165, 1.54) is 6.07 Å². The van der Waals surface area contributed by atoms with Gasteiger partial charge in [0.1, 0.15) is 17.0 Å². The van der Waals surface area contributed by atoms with E-state index in [-0.39, 0.29) is 5.56 Å². The highest BCUT2D eigenvalue weighted by Gasteiger charge is 2.10. The van der Waals surface area contributed by atoms with Gasteiger partial charge in [-0.25, -0.2) is 15.0 Å². The molecular weight excluding hydrogens is 352 g/mol. The second-order valence-electron chi connectivity index (χ2n) is 7.29. The molecule has 3 heterocycles. The fourth-order valence-electron chi connectivity index (χ4n) is 3.06. The summed E-state index contributed by atoms with van der Waals surface area (Å²) >= 11 is 0. The Morgan fingerprint density at radius 1 is 1.29 bits per heavy atom. The van der Waals surface area contributed by atoms with Gasteiger partial charge in [0.15, 0.2) is 6.20 Å². The molecule has 3 aromatic heterocycles. The van der Waals surface area contributed by atoms with E-state index in [4.69, 9.17) is 5.73 Å². The maximum Gasteiger partial charge on any atom is 0.258 e. The van der Waals surface area contributed by atoms with Gasteiger partial charge >= 0.3 is 0 Å². The molecule has 0 saturated carbocycles. The Bertz CT molecular complexity index is 1080. The number of aryl methyl sites for hydroxylation is 3. The lowest BCUT2D eigenvalue weighted by Crippen LogP contribution is -2.18. The lowest BCUT2D eigenvalue weighted by atomic mass is 10.1. The van der Waals surface area contributed by atoms with Gasteiger partial charge in [0.25, 0.3) is 5.56 Å². The van der Waals surface area contributed by atoms with Crippen molar-refractivity contribution >= 4 is 17.4 Å². The quantitative estimate of drug-likeness (QED) is 0.700. The summed E-state index contributed by atoms with van der Waals surface area (Å²) in [6.07, 6.45) is 7.39. The van der Waals surface area contributed by atoms with E-state index in [2.05, 4.69) is 33.9 Å². The first kappa shape index (κ1) is 19.7. The van der Waals surface area contributed by atoms with Gasteiger partial charge in [-0.15, -0.1) is 0 Å². The second-order valence-corrected chi connectivity index (χ2v) is 7.29. The third-order valence-corrected chi connectivity index (χ3v) is 4.56. The van der Waals surface area contributed by atoms with Crippen LogP contribution in [0.5, 0.6) is 0 Å². The highest BCUT2D eigenvalue weighted by Crippen LogP contribution is 2.12. The first-order chi connectivity index (χ1) is 13.3. The molecule has 7 nitrogen and oxygen atoms in total. The SMILES string of the molecule is Cc1c[nH+]c(C=C(N)c2cc(=O)n3cc(CCCN(C)C)ccc3n2)c(C)n1. The van der Waals surface area contributed by atoms with E-state index in [0.717, 1.165) is 42.0 Å². The van der Waals surface area contributed by atoms with Gasteiger partial charge in [0.2, 0.25) is 5.69 Å². The first-order valence-electron chi connectivity index (χ1n) is 9.34. The second kappa shape index (κ2) is 8.31. The van der Waals surface area contributed by atoms with Gasteiger partial charge in [0.05, 0.1) is 11.4 Å². The molecule has 0 unspecified atom stereocenters. The zero-order valence-corrected chi connectivity index (χ0v) is 16.9. The number of nitrogens with two attached hydrogens (primary N) is 1. The standard InChI is InChI=1S/C21H26N6O/c1-14-12-23-18(15(2)24-14)10-17(22)19-11-21(28)27-13-16(6-5-9-26(3)4)7-8-20(27)25-19/h7-8,10-13H,5-6,9,22H2,1-4H3/p+1. The molecule has 0 bridgehead atoms. The minimum Gasteiger partial charge on any atom is -0.397 e. The van der Waals surface area contributed by atoms with Crippen LogP contribution < -0.4 is 16.3 Å². The number of fused-ring (bicyclic) bond motifs is 1. The Labute approximate surface area is 164 Å². The number of nitrogens with zero attached hydrogens (tertiary/aromatic N) is 4. The van der Waals surface area contributed by atoms with Crippen LogP contribution in [0.3, 0.4) is 0 Å². The number of H-pyrrole nitrogens is 1. The third kappa shape index (κ3) is 4.61. The first-order valence-corrected chi connectivity index (χ1v) is 9.34. The molecule has 28 heavy (non-hydrogen) atoms. The third-order valence-electron chi connectivity index (χ3n) is 4.56. The maximum absolute atomic E-state index is 12.6. The molecule has 0 radical (unpaired) electrons. The van der Waals surface area contributed by atoms with Crippen molar-refractivity contribution in [1.82, 2.24) is 19.3 Å². The highest BCUT2D eigenvalue weighted by atomic mass is 16.1. The van der Waals surface area contributed by atoms with Crippen molar-refractivity contribution in [2.75, 3.05) is 20.6 Å². The molecule has 0 aliphatic carbocycles. The molecule has 3 rings (SSSR count). The number of aromatic amines is 1. The number of aromatic nitrogens is 4. The molecule has 3 N–H and O–H groups in total. The summed E-state index contributed by atoms with van der Waals surface area (Å²) in [5.74, 6) is 0. The minimum absolute atomic E-state index is 0.145. The fourth-order valence-corrected chi connectivity index (χ4v) is 3.06. The molecule has 0 spiro atoms. The zero-order chi connectivity index (χ0) is 20.3. The van der Waals surface area contributed by atoms with Crippen LogP contribution in [0.2, 0.25) is 0 Å². The lowest BCUT2D eigenvalue weighted by molar-refractivity contribution is -0.383. The Balaban J connectivity index is 1.91. The fraction of sp³-hybridized carbons (Fsp3) is 0.333. The Morgan fingerprint density at radius 3 is 2.79 bits per heavy atom. The molecule has 7 heteroatoms. The molecular formula is C21H27N6O+. The number of hydrogen-bond acceptors (Lipinski definition) is 5. The summed E-state index contributed by atoms with van der Waals surface area (Å²) in [4.78, 5) is 26.9. The maximum atomic E-state index is 12.6. The summed E-state index contributed by atoms with van der Waals surface area (Å²) in [7, 11) is 4.11. The Kier molecular flexibility index (Phi) is 5.84. The van der Waals surface area contributed by atoms with Crippen LogP contribution in [0.4, 0.5) is 0 Å². The van der Waals surface area contributed by atoms with E-state index in [9.17, 15) is 4.79 Å². The van der Waals surface area contributed by atoms with Crippen molar-refractivity contribution in [3.05, 3.63) is 69.3 Å². The summed E-state index contributed by atoms with van der Waals surface area (Å²) in [6.45, 7) is 4.83. The van der Waals surface area contributed by atoms with Crippen LogP contribution in [-0.4, -0.2) is 39.9 Å². The predicted molar refractivity (Wildman–Crippen MR) is 111 cm³/mol. The Morgan fingerprint density at radius 2 is 2.07 bits per heavy atom. The summed E-state index contributed by atoms with van der Waals surface area (Å²) in [6, 6.07) is 5.36. The van der Waals surface area contributed by atoms with E-state index >= 15 is 0 Å². The van der Waals surface area contributed by atoms with Crippen molar-refractivity contribution in [3.8, 4) is 0 Å². The molecule has 3 aromatic rings. The van der Waals surface area contributed by atoms with Crippen LogP contribution in [0, 0.1) is 13.8 Å². The zero-order valence-electron chi connectivity index (χ0n) is 16.9. The van der Waals surface area contributed by atoms with E-state index in [1.807, 2.05) is 38.4 Å². The average molecular weight is 379 g/mol. The smallest absolute Gasteiger partial charge is 0.258 e. The molecule has 0 saturated heterocycles. The van der Waals surface area contributed by atoms with Gasteiger partial charge in [0, 0.05) is 18.3 Å². The largest absolute Gasteiger partial charge is 0.397 e. The van der Waals surface area contributed by atoms with E-state index in [1.54, 1.807) is 10.5 Å². The summed E-state index contributed by atoms with van der Waals surface area (Å²) in [5.41, 5.74) is 11.2. The van der Waals surface area contributed by atoms with Gasteiger partial charge in [-0.3, -0.25) is 9.20 Å². The number of rotatable bonds is 6. The van der Waals surface area contributed by atoms with Crippen molar-refractivity contribution in [3.63, 3.8) is 0 Å². The monoisotopic (exact) mass is 379 g/mol. The van der Waals surface area contributed by atoms with Crippen LogP contribution in [-0.2, 0) is 6.42 Å². The van der Waals surface area contributed by atoms with Crippen LogP contribution in [0.1, 0.15) is 34.8 Å². The minimum atomic E-state index is -0.145.